The van der Waals surface area contributed by atoms with E-state index < -0.39 is 68.8 Å². The summed E-state index contributed by atoms with van der Waals surface area (Å²) >= 11 is 14.6. The van der Waals surface area contributed by atoms with Gasteiger partial charge in [0.2, 0.25) is 11.8 Å². The fourth-order valence-corrected chi connectivity index (χ4v) is 8.51. The summed E-state index contributed by atoms with van der Waals surface area (Å²) in [5.74, 6) is -8.20. The first-order valence-electron chi connectivity index (χ1n) is 14.6. The molecule has 45 heavy (non-hydrogen) atoms. The number of imide groups is 2. The van der Waals surface area contributed by atoms with Crippen LogP contribution in [0, 0.1) is 23.6 Å². The van der Waals surface area contributed by atoms with Crippen molar-refractivity contribution in [2.75, 3.05) is 11.4 Å². The Morgan fingerprint density at radius 2 is 1.76 bits per heavy atom. The summed E-state index contributed by atoms with van der Waals surface area (Å²) < 4.78 is 13.8. The minimum atomic E-state index is -2.17. The molecule has 4 amide bonds. The molecular weight excluding hydrogens is 626 g/mol. The number of alkyl halides is 2. The summed E-state index contributed by atoms with van der Waals surface area (Å²) in [4.78, 5) is 64.6. The van der Waals surface area contributed by atoms with E-state index in [-0.39, 0.29) is 55.6 Å². The number of phenols is 1. The quantitative estimate of drug-likeness (QED) is 0.240. The topological polar surface area (TPSA) is 132 Å². The molecule has 2 saturated heterocycles. The van der Waals surface area contributed by atoms with Gasteiger partial charge >= 0.3 is 5.97 Å². The second-order valence-electron chi connectivity index (χ2n) is 11.9. The second kappa shape index (κ2) is 11.1. The average molecular weight is 656 g/mol. The molecule has 2 aromatic rings. The molecule has 234 valence electrons. The summed E-state index contributed by atoms with van der Waals surface area (Å²) in [6, 6.07) is 9.65. The molecule has 12 heteroatoms. The highest BCUT2D eigenvalue weighted by atomic mass is 35.5. The van der Waals surface area contributed by atoms with Crippen molar-refractivity contribution in [1.29, 1.82) is 0 Å². The van der Waals surface area contributed by atoms with E-state index >= 15 is 0 Å². The van der Waals surface area contributed by atoms with Gasteiger partial charge in [-0.05, 0) is 61.4 Å². The third-order valence-electron chi connectivity index (χ3n) is 9.59. The normalized spacial score (nSPS) is 30.6. The molecule has 9 nitrogen and oxygen atoms in total. The van der Waals surface area contributed by atoms with Crippen LogP contribution in [0.5, 0.6) is 5.75 Å². The zero-order valence-corrected chi connectivity index (χ0v) is 25.4. The Bertz CT molecular complexity index is 1690. The monoisotopic (exact) mass is 654 g/mol. The van der Waals surface area contributed by atoms with E-state index in [1.165, 1.54) is 12.1 Å². The predicted octanol–water partition coefficient (Wildman–Crippen LogP) is 4.69. The van der Waals surface area contributed by atoms with Crippen molar-refractivity contribution in [3.05, 3.63) is 83.7 Å². The Morgan fingerprint density at radius 1 is 1.04 bits per heavy atom. The largest absolute Gasteiger partial charge is 0.507 e. The number of phenolic OH excluding ortho intramolecular Hbond substituents is 1. The van der Waals surface area contributed by atoms with Gasteiger partial charge in [-0.15, -0.1) is 29.8 Å². The summed E-state index contributed by atoms with van der Waals surface area (Å²) in [6.07, 6.45) is 3.35. The number of fused-ring (bicyclic) bond motifs is 4. The van der Waals surface area contributed by atoms with Crippen molar-refractivity contribution in [3.8, 4) is 5.75 Å². The number of para-hydroxylation sites is 1. The standard InChI is InChI=1S/C33H29Cl2FN2O7/c1-2-5-17-6-3-7-22(27(17)41)26-20-13-14-21-25(29(43)37(28(21)42)15-4-8-24(39)40)23(20)16-32(34)30(44)38(31(45)33(26,32)35)19-11-9-18(36)10-12-19/h2-3,6-7,9-13,21,23,25-26,41H,1,4-5,8,14-16H2,(H,39,40)/t21-,23+,25-,26+,32+,33-/m0/s1. The number of carbonyl (C=O) groups is 5. The number of nitrogens with zero attached hydrogens (tertiary/aromatic N) is 2. The Hall–Kier alpha value is -4.02. The molecule has 3 fully saturated rings. The van der Waals surface area contributed by atoms with Gasteiger partial charge in [0.1, 0.15) is 11.6 Å². The highest BCUT2D eigenvalue weighted by molar-refractivity contribution is 6.58. The summed E-state index contributed by atoms with van der Waals surface area (Å²) in [6.45, 7) is 3.66. The smallest absolute Gasteiger partial charge is 0.303 e. The first kappa shape index (κ1) is 31.0. The van der Waals surface area contributed by atoms with Crippen molar-refractivity contribution in [2.45, 2.75) is 47.8 Å². The highest BCUT2D eigenvalue weighted by Crippen LogP contribution is 2.66. The van der Waals surface area contributed by atoms with Gasteiger partial charge in [0.15, 0.2) is 9.75 Å². The average Bonchev–Trinajstić information content (AvgIpc) is 3.33. The van der Waals surface area contributed by atoms with E-state index in [1.54, 1.807) is 30.4 Å². The number of aromatic hydroxyl groups is 1. The molecule has 2 aliphatic carbocycles. The van der Waals surface area contributed by atoms with Crippen molar-refractivity contribution in [3.63, 3.8) is 0 Å². The number of rotatable bonds is 8. The number of aliphatic carboxylic acids is 1. The van der Waals surface area contributed by atoms with Crippen LogP contribution < -0.4 is 4.90 Å². The van der Waals surface area contributed by atoms with Crippen LogP contribution in [-0.2, 0) is 30.4 Å². The molecule has 6 rings (SSSR count). The minimum absolute atomic E-state index is 0.0517. The van der Waals surface area contributed by atoms with Crippen LogP contribution in [0.1, 0.15) is 42.7 Å². The van der Waals surface area contributed by atoms with Crippen molar-refractivity contribution >= 4 is 58.5 Å². The number of amides is 4. The lowest BCUT2D eigenvalue weighted by Crippen LogP contribution is -2.60. The van der Waals surface area contributed by atoms with Crippen LogP contribution in [0.3, 0.4) is 0 Å². The molecule has 0 spiro atoms. The number of hydrogen-bond donors (Lipinski definition) is 2. The summed E-state index contributed by atoms with van der Waals surface area (Å²) in [5.41, 5.74) is 1.27. The maximum absolute atomic E-state index is 14.4. The fraction of sp³-hybridized carbons (Fsp3) is 0.364. The van der Waals surface area contributed by atoms with E-state index in [9.17, 15) is 33.5 Å². The van der Waals surface area contributed by atoms with Gasteiger partial charge in [-0.2, -0.15) is 0 Å². The Balaban J connectivity index is 1.51. The van der Waals surface area contributed by atoms with Gasteiger partial charge in [-0.25, -0.2) is 9.29 Å². The molecule has 2 heterocycles. The van der Waals surface area contributed by atoms with Gasteiger partial charge in [0, 0.05) is 24.4 Å². The molecule has 0 bridgehead atoms. The van der Waals surface area contributed by atoms with Gasteiger partial charge in [0.05, 0.1) is 17.5 Å². The molecular formula is C33H29Cl2FN2O7. The van der Waals surface area contributed by atoms with E-state index in [2.05, 4.69) is 6.58 Å². The number of halogens is 3. The number of allylic oxidation sites excluding steroid dienone is 3. The summed E-state index contributed by atoms with van der Waals surface area (Å²) in [7, 11) is 0. The maximum Gasteiger partial charge on any atom is 0.303 e. The number of carbonyl (C=O) groups excluding carboxylic acids is 4. The first-order chi connectivity index (χ1) is 21.4. The zero-order valence-electron chi connectivity index (χ0n) is 23.9. The van der Waals surface area contributed by atoms with Crippen LogP contribution in [0.4, 0.5) is 10.1 Å². The van der Waals surface area contributed by atoms with Gasteiger partial charge in [-0.3, -0.25) is 28.9 Å². The van der Waals surface area contributed by atoms with Crippen LogP contribution in [0.2, 0.25) is 0 Å². The van der Waals surface area contributed by atoms with Gasteiger partial charge in [-0.1, -0.05) is 35.9 Å². The molecule has 0 unspecified atom stereocenters. The van der Waals surface area contributed by atoms with Crippen LogP contribution >= 0.6 is 23.2 Å². The van der Waals surface area contributed by atoms with Crippen LogP contribution in [-0.4, -0.2) is 61.0 Å². The van der Waals surface area contributed by atoms with E-state index in [0.29, 0.717) is 11.1 Å². The first-order valence-corrected chi connectivity index (χ1v) is 15.3. The number of hydrogen-bond acceptors (Lipinski definition) is 6. The van der Waals surface area contributed by atoms with E-state index in [0.717, 1.165) is 21.9 Å². The van der Waals surface area contributed by atoms with Crippen molar-refractivity contribution in [2.24, 2.45) is 17.8 Å². The van der Waals surface area contributed by atoms with E-state index in [4.69, 9.17) is 28.3 Å². The van der Waals surface area contributed by atoms with Gasteiger partial charge < -0.3 is 10.2 Å². The zero-order chi connectivity index (χ0) is 32.4. The van der Waals surface area contributed by atoms with E-state index in [1.807, 2.05) is 0 Å². The van der Waals surface area contributed by atoms with Crippen molar-refractivity contribution in [1.82, 2.24) is 4.90 Å². The lowest BCUT2D eigenvalue weighted by Gasteiger charge is -2.50. The molecule has 2 aliphatic heterocycles. The second-order valence-corrected chi connectivity index (χ2v) is 13.2. The molecule has 2 aromatic carbocycles. The number of carboxylic acids is 1. The maximum atomic E-state index is 14.4. The minimum Gasteiger partial charge on any atom is -0.507 e. The predicted molar refractivity (Wildman–Crippen MR) is 162 cm³/mol. The van der Waals surface area contributed by atoms with Gasteiger partial charge in [0.25, 0.3) is 11.8 Å². The fourth-order valence-electron chi connectivity index (χ4n) is 7.58. The lowest BCUT2D eigenvalue weighted by atomic mass is 9.56. The Morgan fingerprint density at radius 3 is 2.42 bits per heavy atom. The SMILES string of the molecule is C=CCc1cccc([C@H]2C3=CC[C@@H]4C(=O)N(CCCC(=O)O)C(=O)[C@@H]4[C@@H]3C[C@@]3(Cl)C(=O)N(c4ccc(F)cc4)C(=O)[C@@]23Cl)c1O. The molecule has 0 aromatic heterocycles. The lowest BCUT2D eigenvalue weighted by molar-refractivity contribution is -0.142. The molecule has 1 saturated carbocycles. The number of benzene rings is 2. The van der Waals surface area contributed by atoms with Crippen LogP contribution in [0.15, 0.2) is 66.8 Å². The number of carboxylic acid groups (broad SMARTS) is 1. The van der Waals surface area contributed by atoms with Crippen molar-refractivity contribution < 1.29 is 38.6 Å². The highest BCUT2D eigenvalue weighted by Gasteiger charge is 2.76. The molecule has 2 N–H and O–H groups in total. The third kappa shape index (κ3) is 4.44. The Labute approximate surface area is 267 Å². The van der Waals surface area contributed by atoms with Crippen LogP contribution in [0.25, 0.3) is 0 Å². The molecule has 6 atom stereocenters. The molecule has 4 aliphatic rings. The summed E-state index contributed by atoms with van der Waals surface area (Å²) in [5, 5.41) is 20.6. The third-order valence-corrected chi connectivity index (χ3v) is 11.0. The Kier molecular flexibility index (Phi) is 7.64. The number of anilines is 1. The number of likely N-dealkylation sites (tertiary alicyclic amines) is 1. The molecule has 0 radical (unpaired) electrons.